The van der Waals surface area contributed by atoms with Gasteiger partial charge in [-0.25, -0.2) is 0 Å². The third-order valence-corrected chi connectivity index (χ3v) is 6.76. The molecule has 0 spiro atoms. The lowest BCUT2D eigenvalue weighted by Gasteiger charge is -2.26. The zero-order valence-electron chi connectivity index (χ0n) is 21.1. The number of hydrogen-bond acceptors (Lipinski definition) is 3. The topological polar surface area (TPSA) is 57.6 Å². The second kappa shape index (κ2) is 9.53. The Balaban J connectivity index is 1.83. The van der Waals surface area contributed by atoms with Crippen LogP contribution in [-0.2, 0) is 21.4 Å². The van der Waals surface area contributed by atoms with E-state index in [1.165, 1.54) is 0 Å². The molecule has 1 fully saturated rings. The average molecular weight is 468 g/mol. The summed E-state index contributed by atoms with van der Waals surface area (Å²) in [5.41, 5.74) is 5.61. The van der Waals surface area contributed by atoms with Crippen LogP contribution in [0.25, 0.3) is 5.76 Å². The lowest BCUT2D eigenvalue weighted by Crippen LogP contribution is -2.31. The highest BCUT2D eigenvalue weighted by molar-refractivity contribution is 6.46. The van der Waals surface area contributed by atoms with Gasteiger partial charge in [0.1, 0.15) is 5.76 Å². The number of hydrogen-bond donors (Lipinski definition) is 1. The number of carbonyl (C=O) groups is 2. The summed E-state index contributed by atoms with van der Waals surface area (Å²) in [5, 5.41) is 11.4. The van der Waals surface area contributed by atoms with Crippen molar-refractivity contribution >= 4 is 17.4 Å². The van der Waals surface area contributed by atoms with Gasteiger partial charge in [0.15, 0.2) is 0 Å². The molecule has 4 heteroatoms. The predicted molar refractivity (Wildman–Crippen MR) is 140 cm³/mol. The van der Waals surface area contributed by atoms with Gasteiger partial charge in [-0.1, -0.05) is 93.1 Å². The SMILES string of the molecule is Cc1ccc(C)c(C(O)=C2C(=O)C(=O)N(CCc3ccccc3)C2c2ccc(C(C)(C)C)cc2)c1. The van der Waals surface area contributed by atoms with Crippen molar-refractivity contribution in [3.05, 3.63) is 112 Å². The van der Waals surface area contributed by atoms with Crippen molar-refractivity contribution < 1.29 is 14.7 Å². The van der Waals surface area contributed by atoms with Crippen molar-refractivity contribution in [1.29, 1.82) is 0 Å². The molecule has 180 valence electrons. The number of benzene rings is 3. The molecule has 1 aliphatic heterocycles. The molecule has 1 unspecified atom stereocenters. The Morgan fingerprint density at radius 3 is 2.20 bits per heavy atom. The van der Waals surface area contributed by atoms with E-state index < -0.39 is 17.7 Å². The van der Waals surface area contributed by atoms with Crippen LogP contribution in [0, 0.1) is 13.8 Å². The molecule has 1 saturated heterocycles. The number of nitrogens with zero attached hydrogens (tertiary/aromatic N) is 1. The first-order valence-electron chi connectivity index (χ1n) is 12.1. The Bertz CT molecular complexity index is 1280. The van der Waals surface area contributed by atoms with Gasteiger partial charge in [-0.15, -0.1) is 0 Å². The second-order valence-corrected chi connectivity index (χ2v) is 10.4. The Morgan fingerprint density at radius 2 is 1.57 bits per heavy atom. The minimum Gasteiger partial charge on any atom is -0.507 e. The van der Waals surface area contributed by atoms with Crippen molar-refractivity contribution in [3.63, 3.8) is 0 Å². The van der Waals surface area contributed by atoms with Crippen LogP contribution in [-0.4, -0.2) is 28.2 Å². The van der Waals surface area contributed by atoms with Gasteiger partial charge >= 0.3 is 0 Å². The van der Waals surface area contributed by atoms with Crippen molar-refractivity contribution in [3.8, 4) is 0 Å². The quantitative estimate of drug-likeness (QED) is 0.273. The lowest BCUT2D eigenvalue weighted by molar-refractivity contribution is -0.139. The predicted octanol–water partition coefficient (Wildman–Crippen LogP) is 6.27. The first-order valence-corrected chi connectivity index (χ1v) is 12.1. The number of likely N-dealkylation sites (tertiary alicyclic amines) is 1. The Labute approximate surface area is 207 Å². The molecule has 0 aromatic heterocycles. The molecular weight excluding hydrogens is 434 g/mol. The summed E-state index contributed by atoms with van der Waals surface area (Å²) in [5.74, 6) is -1.32. The fourth-order valence-electron chi connectivity index (χ4n) is 4.65. The van der Waals surface area contributed by atoms with Crippen molar-refractivity contribution in [2.75, 3.05) is 6.54 Å². The van der Waals surface area contributed by atoms with Gasteiger partial charge < -0.3 is 10.0 Å². The molecule has 0 bridgehead atoms. The Hall–Kier alpha value is -3.66. The fraction of sp³-hybridized carbons (Fsp3) is 0.290. The highest BCUT2D eigenvalue weighted by Crippen LogP contribution is 2.40. The molecule has 3 aromatic rings. The maximum Gasteiger partial charge on any atom is 0.295 e. The number of ketones is 1. The molecule has 1 amide bonds. The van der Waals surface area contributed by atoms with E-state index in [1.807, 2.05) is 86.6 Å². The van der Waals surface area contributed by atoms with Crippen LogP contribution >= 0.6 is 0 Å². The normalized spacial score (nSPS) is 17.7. The van der Waals surface area contributed by atoms with Gasteiger partial charge in [-0.05, 0) is 54.0 Å². The zero-order chi connectivity index (χ0) is 25.3. The molecule has 1 heterocycles. The summed E-state index contributed by atoms with van der Waals surface area (Å²) in [6.45, 7) is 10.7. The number of rotatable bonds is 5. The van der Waals surface area contributed by atoms with Crippen LogP contribution in [0.5, 0.6) is 0 Å². The van der Waals surface area contributed by atoms with Crippen LogP contribution in [0.4, 0.5) is 0 Å². The Kier molecular flexibility index (Phi) is 6.66. The largest absolute Gasteiger partial charge is 0.507 e. The molecule has 0 saturated carbocycles. The molecular formula is C31H33NO3. The second-order valence-electron chi connectivity index (χ2n) is 10.4. The number of carbonyl (C=O) groups excluding carboxylic acids is 2. The number of aliphatic hydroxyl groups is 1. The number of aliphatic hydroxyl groups excluding tert-OH is 1. The van der Waals surface area contributed by atoms with Crippen LogP contribution in [0.1, 0.15) is 60.2 Å². The van der Waals surface area contributed by atoms with E-state index in [2.05, 4.69) is 20.8 Å². The minimum atomic E-state index is -0.646. The van der Waals surface area contributed by atoms with Gasteiger partial charge in [0.2, 0.25) is 0 Å². The van der Waals surface area contributed by atoms with Crippen LogP contribution < -0.4 is 0 Å². The van der Waals surface area contributed by atoms with Crippen molar-refractivity contribution in [2.24, 2.45) is 0 Å². The average Bonchev–Trinajstić information content (AvgIpc) is 3.09. The molecule has 35 heavy (non-hydrogen) atoms. The number of aryl methyl sites for hydroxylation is 2. The van der Waals surface area contributed by atoms with Gasteiger partial charge in [0.25, 0.3) is 11.7 Å². The van der Waals surface area contributed by atoms with E-state index >= 15 is 0 Å². The molecule has 4 rings (SSSR count). The van der Waals surface area contributed by atoms with E-state index in [1.54, 1.807) is 4.90 Å². The summed E-state index contributed by atoms with van der Waals surface area (Å²) in [6, 6.07) is 23.1. The van der Waals surface area contributed by atoms with Crippen LogP contribution in [0.2, 0.25) is 0 Å². The fourth-order valence-corrected chi connectivity index (χ4v) is 4.65. The summed E-state index contributed by atoms with van der Waals surface area (Å²) >= 11 is 0. The van der Waals surface area contributed by atoms with Gasteiger partial charge in [0, 0.05) is 12.1 Å². The molecule has 1 aliphatic rings. The first kappa shape index (κ1) is 24.5. The van der Waals surface area contributed by atoms with E-state index in [9.17, 15) is 14.7 Å². The van der Waals surface area contributed by atoms with Crippen molar-refractivity contribution in [2.45, 2.75) is 52.5 Å². The number of amides is 1. The summed E-state index contributed by atoms with van der Waals surface area (Å²) in [7, 11) is 0. The first-order chi connectivity index (χ1) is 16.6. The molecule has 1 N–H and O–H groups in total. The summed E-state index contributed by atoms with van der Waals surface area (Å²) in [4.78, 5) is 28.2. The third kappa shape index (κ3) is 4.93. The van der Waals surface area contributed by atoms with Gasteiger partial charge in [0.05, 0.1) is 11.6 Å². The lowest BCUT2D eigenvalue weighted by atomic mass is 9.85. The molecule has 0 radical (unpaired) electrons. The monoisotopic (exact) mass is 467 g/mol. The number of Topliss-reactive ketones (excluding diaryl/α,β-unsaturated/α-hetero) is 1. The third-order valence-electron chi connectivity index (χ3n) is 6.76. The smallest absolute Gasteiger partial charge is 0.295 e. The van der Waals surface area contributed by atoms with Crippen LogP contribution in [0.15, 0.2) is 78.4 Å². The van der Waals surface area contributed by atoms with Gasteiger partial charge in [-0.2, -0.15) is 0 Å². The Morgan fingerprint density at radius 1 is 0.914 bits per heavy atom. The van der Waals surface area contributed by atoms with E-state index in [0.29, 0.717) is 18.5 Å². The maximum absolute atomic E-state index is 13.3. The zero-order valence-corrected chi connectivity index (χ0v) is 21.1. The summed E-state index contributed by atoms with van der Waals surface area (Å²) in [6.07, 6.45) is 0.619. The highest BCUT2D eigenvalue weighted by Gasteiger charge is 2.46. The minimum absolute atomic E-state index is 0.0215. The molecule has 0 aliphatic carbocycles. The van der Waals surface area contributed by atoms with Crippen LogP contribution in [0.3, 0.4) is 0 Å². The van der Waals surface area contributed by atoms with Crippen molar-refractivity contribution in [1.82, 2.24) is 4.90 Å². The molecule has 3 aromatic carbocycles. The standard InChI is InChI=1S/C31H33NO3/c1-20-11-12-21(2)25(19-20)28(33)26-27(23-13-15-24(16-14-23)31(3,4)5)32(30(35)29(26)34)18-17-22-9-7-6-8-10-22/h6-16,19,27,33H,17-18H2,1-5H3. The van der Waals surface area contributed by atoms with E-state index in [-0.39, 0.29) is 16.7 Å². The van der Waals surface area contributed by atoms with E-state index in [0.717, 1.165) is 27.8 Å². The van der Waals surface area contributed by atoms with E-state index in [4.69, 9.17) is 0 Å². The maximum atomic E-state index is 13.3. The molecule has 4 nitrogen and oxygen atoms in total. The summed E-state index contributed by atoms with van der Waals surface area (Å²) < 4.78 is 0. The van der Waals surface area contributed by atoms with Gasteiger partial charge in [-0.3, -0.25) is 9.59 Å². The highest BCUT2D eigenvalue weighted by atomic mass is 16.3. The molecule has 1 atom stereocenters.